The zero-order valence-electron chi connectivity index (χ0n) is 6.60. The van der Waals surface area contributed by atoms with Crippen LogP contribution in [0.1, 0.15) is 0 Å². The number of furan rings is 1. The van der Waals surface area contributed by atoms with E-state index in [2.05, 4.69) is 19.4 Å². The maximum Gasteiger partial charge on any atom is 0.195 e. The minimum Gasteiger partial charge on any atom is -0.473 e. The molecule has 1 nitrogen and oxygen atoms in total. The van der Waals surface area contributed by atoms with Crippen molar-refractivity contribution in [2.24, 2.45) is 0 Å². The first-order chi connectivity index (χ1) is 5.95. The van der Waals surface area contributed by atoms with Crippen LogP contribution in [0.4, 0.5) is 0 Å². The van der Waals surface area contributed by atoms with Crippen molar-refractivity contribution in [2.75, 3.05) is 0 Å². The van der Waals surface area contributed by atoms with Crippen LogP contribution in [-0.2, 0) is 0 Å². The number of rotatable bonds is 2. The second-order valence-corrected chi connectivity index (χ2v) is 2.61. The van der Waals surface area contributed by atoms with E-state index in [1.807, 2.05) is 24.3 Å². The molecule has 0 atom stereocenters. The highest BCUT2D eigenvalue weighted by Gasteiger charge is 1.97. The molecule has 0 unspecified atom stereocenters. The van der Waals surface area contributed by atoms with Crippen molar-refractivity contribution < 1.29 is 4.42 Å². The third-order valence-electron chi connectivity index (χ3n) is 1.68. The summed E-state index contributed by atoms with van der Waals surface area (Å²) in [6, 6.07) is 12.1. The van der Waals surface area contributed by atoms with E-state index >= 15 is 0 Å². The Kier molecular flexibility index (Phi) is 1.99. The van der Waals surface area contributed by atoms with E-state index in [1.54, 1.807) is 12.5 Å². The SMILES string of the molecule is [B](c1ccccc1)c1ccoc1. The molecule has 2 heteroatoms. The van der Waals surface area contributed by atoms with Gasteiger partial charge in [0.2, 0.25) is 0 Å². The Hall–Kier alpha value is -1.44. The van der Waals surface area contributed by atoms with Gasteiger partial charge in [-0.1, -0.05) is 35.8 Å². The summed E-state index contributed by atoms with van der Waals surface area (Å²) in [5.74, 6) is 0. The Morgan fingerprint density at radius 1 is 0.917 bits per heavy atom. The fraction of sp³-hybridized carbons (Fsp3) is 0. The third kappa shape index (κ3) is 1.59. The predicted molar refractivity (Wildman–Crippen MR) is 50.2 cm³/mol. The summed E-state index contributed by atoms with van der Waals surface area (Å²) in [5, 5.41) is 0. The van der Waals surface area contributed by atoms with Crippen LogP contribution >= 0.6 is 0 Å². The molecule has 0 aliphatic heterocycles. The van der Waals surface area contributed by atoms with Crippen LogP contribution in [0.25, 0.3) is 0 Å². The second kappa shape index (κ2) is 3.31. The van der Waals surface area contributed by atoms with Crippen LogP contribution in [0.15, 0.2) is 53.3 Å². The Morgan fingerprint density at radius 3 is 2.42 bits per heavy atom. The van der Waals surface area contributed by atoms with Crippen LogP contribution in [0.5, 0.6) is 0 Å². The summed E-state index contributed by atoms with van der Waals surface area (Å²) < 4.78 is 4.96. The van der Waals surface area contributed by atoms with Crippen molar-refractivity contribution in [1.82, 2.24) is 0 Å². The van der Waals surface area contributed by atoms with Gasteiger partial charge in [-0.3, -0.25) is 0 Å². The third-order valence-corrected chi connectivity index (χ3v) is 1.68. The lowest BCUT2D eigenvalue weighted by Gasteiger charge is -1.93. The lowest BCUT2D eigenvalue weighted by atomic mass is 9.65. The quantitative estimate of drug-likeness (QED) is 0.588. The van der Waals surface area contributed by atoms with Crippen LogP contribution in [-0.4, -0.2) is 7.28 Å². The molecule has 1 radical (unpaired) electrons. The first kappa shape index (κ1) is 7.23. The van der Waals surface area contributed by atoms with Crippen molar-refractivity contribution in [3.8, 4) is 0 Å². The summed E-state index contributed by atoms with van der Waals surface area (Å²) in [7, 11) is 2.07. The summed E-state index contributed by atoms with van der Waals surface area (Å²) in [4.78, 5) is 0. The lowest BCUT2D eigenvalue weighted by molar-refractivity contribution is 0.569. The largest absolute Gasteiger partial charge is 0.473 e. The van der Waals surface area contributed by atoms with Gasteiger partial charge < -0.3 is 4.42 Å². The van der Waals surface area contributed by atoms with Gasteiger partial charge in [0, 0.05) is 0 Å². The maximum atomic E-state index is 4.96. The van der Waals surface area contributed by atoms with Gasteiger partial charge in [0.1, 0.15) is 0 Å². The summed E-state index contributed by atoms with van der Waals surface area (Å²) in [6.45, 7) is 0. The first-order valence-corrected chi connectivity index (χ1v) is 3.87. The van der Waals surface area contributed by atoms with E-state index in [-0.39, 0.29) is 0 Å². The molecular formula is C10H8BO. The van der Waals surface area contributed by atoms with E-state index in [4.69, 9.17) is 4.42 Å². The molecule has 0 aliphatic rings. The smallest absolute Gasteiger partial charge is 0.195 e. The van der Waals surface area contributed by atoms with Gasteiger partial charge in [-0.05, 0) is 11.5 Å². The molecular weight excluding hydrogens is 147 g/mol. The summed E-state index contributed by atoms with van der Waals surface area (Å²) >= 11 is 0. The van der Waals surface area contributed by atoms with E-state index < -0.39 is 0 Å². The minimum absolute atomic E-state index is 1.10. The molecule has 12 heavy (non-hydrogen) atoms. The van der Waals surface area contributed by atoms with E-state index in [0.717, 1.165) is 5.46 Å². The predicted octanol–water partition coefficient (Wildman–Crippen LogP) is 0.935. The fourth-order valence-corrected chi connectivity index (χ4v) is 1.10. The van der Waals surface area contributed by atoms with E-state index in [9.17, 15) is 0 Å². The average molecular weight is 155 g/mol. The standard InChI is InChI=1S/C10H8BO/c1-2-4-9(5-3-1)11-10-6-7-12-8-10/h1-8H. The van der Waals surface area contributed by atoms with Crippen LogP contribution in [0, 0.1) is 0 Å². The topological polar surface area (TPSA) is 13.1 Å². The summed E-state index contributed by atoms with van der Waals surface area (Å²) in [6.07, 6.45) is 3.40. The number of hydrogen-bond donors (Lipinski definition) is 0. The van der Waals surface area contributed by atoms with Crippen LogP contribution in [0.2, 0.25) is 0 Å². The molecule has 57 valence electrons. The highest BCUT2D eigenvalue weighted by Crippen LogP contribution is 1.84. The zero-order chi connectivity index (χ0) is 8.23. The highest BCUT2D eigenvalue weighted by molar-refractivity contribution is 6.67. The Balaban J connectivity index is 2.15. The van der Waals surface area contributed by atoms with Gasteiger partial charge in [-0.2, -0.15) is 0 Å². The number of hydrogen-bond acceptors (Lipinski definition) is 1. The Bertz CT molecular complexity index is 326. The summed E-state index contributed by atoms with van der Waals surface area (Å²) in [5.41, 5.74) is 2.29. The molecule has 1 heterocycles. The zero-order valence-corrected chi connectivity index (χ0v) is 6.60. The Morgan fingerprint density at radius 2 is 1.75 bits per heavy atom. The number of benzene rings is 1. The van der Waals surface area contributed by atoms with Gasteiger partial charge in [-0.15, -0.1) is 0 Å². The fourth-order valence-electron chi connectivity index (χ4n) is 1.10. The molecule has 2 aromatic rings. The van der Waals surface area contributed by atoms with Crippen molar-refractivity contribution in [1.29, 1.82) is 0 Å². The van der Waals surface area contributed by atoms with Gasteiger partial charge in [0.15, 0.2) is 7.28 Å². The molecule has 1 aromatic carbocycles. The molecule has 0 bridgehead atoms. The lowest BCUT2D eigenvalue weighted by Crippen LogP contribution is -2.25. The molecule has 0 aliphatic carbocycles. The molecule has 0 spiro atoms. The van der Waals surface area contributed by atoms with Crippen molar-refractivity contribution >= 4 is 18.2 Å². The normalized spacial score (nSPS) is 9.67. The average Bonchev–Trinajstić information content (AvgIpc) is 2.59. The van der Waals surface area contributed by atoms with E-state index in [0.29, 0.717) is 0 Å². The molecule has 0 fully saturated rings. The molecule has 0 amide bonds. The van der Waals surface area contributed by atoms with Gasteiger partial charge in [-0.25, -0.2) is 0 Å². The van der Waals surface area contributed by atoms with Crippen LogP contribution in [0.3, 0.4) is 0 Å². The monoisotopic (exact) mass is 155 g/mol. The molecule has 2 rings (SSSR count). The molecule has 0 saturated heterocycles. The van der Waals surface area contributed by atoms with E-state index in [1.165, 1.54) is 5.46 Å². The first-order valence-electron chi connectivity index (χ1n) is 3.87. The highest BCUT2D eigenvalue weighted by atomic mass is 16.3. The van der Waals surface area contributed by atoms with Gasteiger partial charge >= 0.3 is 0 Å². The van der Waals surface area contributed by atoms with Crippen molar-refractivity contribution in [3.63, 3.8) is 0 Å². The van der Waals surface area contributed by atoms with Gasteiger partial charge in [0.25, 0.3) is 0 Å². The van der Waals surface area contributed by atoms with Crippen LogP contribution < -0.4 is 10.9 Å². The molecule has 0 saturated carbocycles. The van der Waals surface area contributed by atoms with Crippen molar-refractivity contribution in [3.05, 3.63) is 48.9 Å². The molecule has 1 aromatic heterocycles. The maximum absolute atomic E-state index is 4.96. The van der Waals surface area contributed by atoms with Crippen molar-refractivity contribution in [2.45, 2.75) is 0 Å². The molecule has 0 N–H and O–H groups in total. The minimum atomic E-state index is 1.10. The second-order valence-electron chi connectivity index (χ2n) is 2.61. The van der Waals surface area contributed by atoms with Gasteiger partial charge in [0.05, 0.1) is 12.5 Å². The Labute approximate surface area is 72.3 Å².